The minimum Gasteiger partial charge on any atom is -0.480 e. The third kappa shape index (κ3) is 5.95. The molecule has 3 atom stereocenters. The molecule has 110 valence electrons. The topological polar surface area (TPSA) is 78.4 Å². The highest BCUT2D eigenvalue weighted by Crippen LogP contribution is 2.23. The van der Waals surface area contributed by atoms with Crippen molar-refractivity contribution >= 4 is 35.5 Å². The number of carbonyl (C=O) groups excluding carboxylic acids is 1. The van der Waals surface area contributed by atoms with Crippen LogP contribution in [0.2, 0.25) is 0 Å². The molecule has 0 aromatic carbocycles. The zero-order chi connectivity index (χ0) is 14.3. The fraction of sp³-hybridized carbons (Fsp3) is 0.833. The molecule has 1 rings (SSSR count). The van der Waals surface area contributed by atoms with Crippen LogP contribution in [-0.2, 0) is 4.79 Å². The quantitative estimate of drug-likeness (QED) is 0.695. The van der Waals surface area contributed by atoms with Crippen molar-refractivity contribution in [2.75, 3.05) is 23.8 Å². The molecule has 1 aliphatic heterocycles. The summed E-state index contributed by atoms with van der Waals surface area (Å²) in [6.07, 6.45) is 0.715. The Morgan fingerprint density at radius 1 is 1.42 bits per heavy atom. The molecule has 2 unspecified atom stereocenters. The van der Waals surface area contributed by atoms with E-state index < -0.39 is 12.0 Å². The van der Waals surface area contributed by atoms with Gasteiger partial charge in [0.2, 0.25) is 0 Å². The van der Waals surface area contributed by atoms with Gasteiger partial charge in [-0.1, -0.05) is 20.3 Å². The Morgan fingerprint density at radius 3 is 2.68 bits per heavy atom. The van der Waals surface area contributed by atoms with Crippen molar-refractivity contribution < 1.29 is 14.7 Å². The summed E-state index contributed by atoms with van der Waals surface area (Å²) < 4.78 is 0. The zero-order valence-corrected chi connectivity index (χ0v) is 13.0. The minimum absolute atomic E-state index is 0.0807. The van der Waals surface area contributed by atoms with Gasteiger partial charge in [-0.25, -0.2) is 9.59 Å². The van der Waals surface area contributed by atoms with Gasteiger partial charge in [0.15, 0.2) is 0 Å². The Balaban J connectivity index is 2.33. The summed E-state index contributed by atoms with van der Waals surface area (Å²) in [4.78, 5) is 22.8. The van der Waals surface area contributed by atoms with E-state index in [-0.39, 0.29) is 11.9 Å². The molecule has 0 bridgehead atoms. The molecule has 19 heavy (non-hydrogen) atoms. The lowest BCUT2D eigenvalue weighted by Crippen LogP contribution is -2.50. The van der Waals surface area contributed by atoms with Gasteiger partial charge < -0.3 is 15.7 Å². The van der Waals surface area contributed by atoms with E-state index in [4.69, 9.17) is 5.11 Å². The molecular formula is C12H22N2O3S2. The number of carboxylic acids is 1. The molecule has 1 fully saturated rings. The summed E-state index contributed by atoms with van der Waals surface area (Å²) >= 11 is 3.76. The fourth-order valence-corrected chi connectivity index (χ4v) is 4.35. The van der Waals surface area contributed by atoms with Crippen LogP contribution in [0.5, 0.6) is 0 Å². The summed E-state index contributed by atoms with van der Waals surface area (Å²) in [7, 11) is 0. The number of nitrogens with one attached hydrogen (secondary N) is 2. The van der Waals surface area contributed by atoms with E-state index in [9.17, 15) is 9.59 Å². The van der Waals surface area contributed by atoms with E-state index in [1.54, 1.807) is 0 Å². The number of carboxylic acid groups (broad SMARTS) is 1. The van der Waals surface area contributed by atoms with Crippen molar-refractivity contribution in [1.82, 2.24) is 10.6 Å². The first-order valence-electron chi connectivity index (χ1n) is 6.51. The number of hydrogen-bond acceptors (Lipinski definition) is 4. The zero-order valence-electron chi connectivity index (χ0n) is 11.3. The van der Waals surface area contributed by atoms with E-state index in [1.807, 2.05) is 37.4 Å². The van der Waals surface area contributed by atoms with E-state index in [0.717, 1.165) is 11.5 Å². The Hall–Kier alpha value is -0.560. The van der Waals surface area contributed by atoms with E-state index in [1.165, 1.54) is 5.75 Å². The highest BCUT2D eigenvalue weighted by Gasteiger charge is 2.25. The second-order valence-corrected chi connectivity index (χ2v) is 7.18. The average Bonchev–Trinajstić information content (AvgIpc) is 2.42. The van der Waals surface area contributed by atoms with Crippen LogP contribution in [0.3, 0.4) is 0 Å². The molecule has 0 saturated carbocycles. The van der Waals surface area contributed by atoms with Crippen molar-refractivity contribution in [1.29, 1.82) is 0 Å². The van der Waals surface area contributed by atoms with Crippen LogP contribution in [0, 0.1) is 5.92 Å². The molecule has 1 heterocycles. The van der Waals surface area contributed by atoms with Gasteiger partial charge in [0, 0.05) is 29.1 Å². The van der Waals surface area contributed by atoms with Crippen molar-refractivity contribution in [3.8, 4) is 0 Å². The number of carbonyl (C=O) groups is 2. The van der Waals surface area contributed by atoms with Crippen LogP contribution in [-0.4, -0.2) is 52.2 Å². The highest BCUT2D eigenvalue weighted by molar-refractivity contribution is 8.06. The van der Waals surface area contributed by atoms with Crippen molar-refractivity contribution in [3.05, 3.63) is 0 Å². The van der Waals surface area contributed by atoms with Gasteiger partial charge in [0.1, 0.15) is 6.04 Å². The van der Waals surface area contributed by atoms with Gasteiger partial charge in [0.05, 0.1) is 0 Å². The molecule has 3 N–H and O–H groups in total. The lowest BCUT2D eigenvalue weighted by molar-refractivity contribution is -0.140. The van der Waals surface area contributed by atoms with Crippen LogP contribution in [0.15, 0.2) is 0 Å². The molecular weight excluding hydrogens is 284 g/mol. The van der Waals surface area contributed by atoms with Gasteiger partial charge in [0.25, 0.3) is 0 Å². The van der Waals surface area contributed by atoms with Crippen LogP contribution in [0.1, 0.15) is 20.3 Å². The molecule has 0 aromatic heterocycles. The van der Waals surface area contributed by atoms with E-state index in [2.05, 4.69) is 10.6 Å². The summed E-state index contributed by atoms with van der Waals surface area (Å²) in [6, 6.07) is -1.21. The Morgan fingerprint density at radius 2 is 2.16 bits per heavy atom. The molecule has 0 aromatic rings. The highest BCUT2D eigenvalue weighted by atomic mass is 32.2. The standard InChI is InChI=1S/C12H22N2O3S2/c1-3-8(2)10(11(15)16)14-12(17)13-6-9-7-18-4-5-19-9/h8-10H,3-7H2,1-2H3,(H,15,16)(H2,13,14,17)/t8?,9?,10-/m0/s1. The number of thioether (sulfide) groups is 2. The van der Waals surface area contributed by atoms with Crippen LogP contribution >= 0.6 is 23.5 Å². The number of amides is 2. The van der Waals surface area contributed by atoms with Gasteiger partial charge >= 0.3 is 12.0 Å². The maximum atomic E-state index is 11.7. The molecule has 1 saturated heterocycles. The number of rotatable bonds is 6. The maximum absolute atomic E-state index is 11.7. The first-order valence-corrected chi connectivity index (χ1v) is 8.71. The van der Waals surface area contributed by atoms with Crippen molar-refractivity contribution in [2.24, 2.45) is 5.92 Å². The van der Waals surface area contributed by atoms with Gasteiger partial charge in [-0.3, -0.25) is 0 Å². The number of urea groups is 1. The van der Waals surface area contributed by atoms with Crippen molar-refractivity contribution in [3.63, 3.8) is 0 Å². The number of aliphatic carboxylic acids is 1. The Bertz CT molecular complexity index is 309. The Kier molecular flexibility index (Phi) is 7.45. The lowest BCUT2D eigenvalue weighted by Gasteiger charge is -2.23. The lowest BCUT2D eigenvalue weighted by atomic mass is 9.99. The van der Waals surface area contributed by atoms with Gasteiger partial charge in [-0.05, 0) is 5.92 Å². The molecule has 0 aliphatic carbocycles. The normalized spacial score (nSPS) is 22.3. The summed E-state index contributed by atoms with van der Waals surface area (Å²) in [6.45, 7) is 4.33. The second-order valence-electron chi connectivity index (χ2n) is 4.62. The third-order valence-electron chi connectivity index (χ3n) is 3.14. The monoisotopic (exact) mass is 306 g/mol. The maximum Gasteiger partial charge on any atom is 0.326 e. The first-order chi connectivity index (χ1) is 9.04. The SMILES string of the molecule is CCC(C)[C@H](NC(=O)NCC1CSCCS1)C(=O)O. The van der Waals surface area contributed by atoms with Crippen LogP contribution in [0.25, 0.3) is 0 Å². The van der Waals surface area contributed by atoms with Crippen molar-refractivity contribution in [2.45, 2.75) is 31.6 Å². The average molecular weight is 306 g/mol. The van der Waals surface area contributed by atoms with Crippen LogP contribution < -0.4 is 10.6 Å². The fourth-order valence-electron chi connectivity index (χ4n) is 1.74. The summed E-state index contributed by atoms with van der Waals surface area (Å²) in [5, 5.41) is 14.8. The first kappa shape index (κ1) is 16.5. The Labute approximate surface area is 122 Å². The molecule has 7 heteroatoms. The van der Waals surface area contributed by atoms with E-state index >= 15 is 0 Å². The summed E-state index contributed by atoms with van der Waals surface area (Å²) in [5.74, 6) is 2.26. The molecule has 1 aliphatic rings. The second kappa shape index (κ2) is 8.58. The smallest absolute Gasteiger partial charge is 0.326 e. The third-order valence-corrected chi connectivity index (χ3v) is 5.99. The summed E-state index contributed by atoms with van der Waals surface area (Å²) in [5.41, 5.74) is 0. The van der Waals surface area contributed by atoms with E-state index in [0.29, 0.717) is 18.2 Å². The molecule has 5 nitrogen and oxygen atoms in total. The molecule has 2 amide bonds. The number of hydrogen-bond donors (Lipinski definition) is 3. The molecule has 0 radical (unpaired) electrons. The van der Waals surface area contributed by atoms with Gasteiger partial charge in [-0.15, -0.1) is 0 Å². The molecule has 0 spiro atoms. The predicted molar refractivity (Wildman–Crippen MR) is 81.0 cm³/mol. The largest absolute Gasteiger partial charge is 0.480 e. The van der Waals surface area contributed by atoms with Gasteiger partial charge in [-0.2, -0.15) is 23.5 Å². The predicted octanol–water partition coefficient (Wildman–Crippen LogP) is 1.63. The minimum atomic E-state index is -0.980. The van der Waals surface area contributed by atoms with Crippen LogP contribution in [0.4, 0.5) is 4.79 Å².